The fraction of sp³-hybridized carbons (Fsp3) is 0.500. The van der Waals surface area contributed by atoms with E-state index in [0.29, 0.717) is 5.82 Å². The molecule has 1 fully saturated rings. The molecule has 0 aliphatic heterocycles. The van der Waals surface area contributed by atoms with E-state index in [1.165, 1.54) is 11.2 Å². The molecule has 1 saturated carbocycles. The number of hydrogen-bond acceptors (Lipinski definition) is 6. The van der Waals surface area contributed by atoms with Crippen molar-refractivity contribution in [1.29, 1.82) is 0 Å². The molecule has 0 aromatic carbocycles. The van der Waals surface area contributed by atoms with E-state index in [2.05, 4.69) is 20.4 Å². The molecular formula is C14H17N5O2. The minimum absolute atomic E-state index is 0.00537. The molecule has 2 aromatic rings. The number of aromatic nitrogens is 5. The Bertz CT molecular complexity index is 592. The monoisotopic (exact) mass is 287 g/mol. The van der Waals surface area contributed by atoms with Gasteiger partial charge in [-0.3, -0.25) is 4.98 Å². The van der Waals surface area contributed by atoms with E-state index >= 15 is 0 Å². The number of pyridine rings is 1. The van der Waals surface area contributed by atoms with Gasteiger partial charge in [0.15, 0.2) is 6.54 Å². The summed E-state index contributed by atoms with van der Waals surface area (Å²) in [6.07, 6.45) is 8.78. The quantitative estimate of drug-likeness (QED) is 0.794. The van der Waals surface area contributed by atoms with E-state index in [0.717, 1.165) is 31.2 Å². The predicted octanol–water partition coefficient (Wildman–Crippen LogP) is 1.61. The van der Waals surface area contributed by atoms with Crippen molar-refractivity contribution in [3.05, 3.63) is 24.5 Å². The second-order valence-corrected chi connectivity index (χ2v) is 5.13. The number of rotatable bonds is 4. The van der Waals surface area contributed by atoms with Crippen LogP contribution in [0.1, 0.15) is 32.1 Å². The molecule has 0 bridgehead atoms. The molecule has 0 spiro atoms. The summed E-state index contributed by atoms with van der Waals surface area (Å²) < 4.78 is 5.43. The minimum atomic E-state index is -0.305. The Hall–Kier alpha value is -2.31. The molecule has 0 saturated heterocycles. The van der Waals surface area contributed by atoms with Crippen molar-refractivity contribution in [3.8, 4) is 11.4 Å². The minimum Gasteiger partial charge on any atom is -0.461 e. The van der Waals surface area contributed by atoms with Gasteiger partial charge in [0.2, 0.25) is 5.82 Å². The highest BCUT2D eigenvalue weighted by Crippen LogP contribution is 2.20. The van der Waals surface area contributed by atoms with Crippen LogP contribution in [0.3, 0.4) is 0 Å². The van der Waals surface area contributed by atoms with Gasteiger partial charge in [0.25, 0.3) is 0 Å². The van der Waals surface area contributed by atoms with E-state index < -0.39 is 0 Å². The maximum Gasteiger partial charge on any atom is 0.330 e. The Morgan fingerprint density at radius 2 is 2.00 bits per heavy atom. The summed E-state index contributed by atoms with van der Waals surface area (Å²) in [6.45, 7) is -0.00537. The Morgan fingerprint density at radius 3 is 2.76 bits per heavy atom. The summed E-state index contributed by atoms with van der Waals surface area (Å²) in [7, 11) is 0. The predicted molar refractivity (Wildman–Crippen MR) is 74.0 cm³/mol. The van der Waals surface area contributed by atoms with Gasteiger partial charge in [-0.15, -0.1) is 10.2 Å². The molecule has 7 nitrogen and oxygen atoms in total. The highest BCUT2D eigenvalue weighted by atomic mass is 16.5. The summed E-state index contributed by atoms with van der Waals surface area (Å²) in [6, 6.07) is 3.59. The third kappa shape index (κ3) is 3.62. The fourth-order valence-electron chi connectivity index (χ4n) is 2.45. The van der Waals surface area contributed by atoms with Crippen LogP contribution in [-0.2, 0) is 16.1 Å². The molecule has 7 heteroatoms. The second kappa shape index (κ2) is 6.43. The molecule has 110 valence electrons. The number of nitrogens with zero attached hydrogens (tertiary/aromatic N) is 5. The van der Waals surface area contributed by atoms with Crippen LogP contribution in [0.2, 0.25) is 0 Å². The summed E-state index contributed by atoms with van der Waals surface area (Å²) in [5.74, 6) is 0.170. The second-order valence-electron chi connectivity index (χ2n) is 5.13. The smallest absolute Gasteiger partial charge is 0.330 e. The highest BCUT2D eigenvalue weighted by Gasteiger charge is 2.18. The zero-order valence-corrected chi connectivity index (χ0v) is 11.7. The summed E-state index contributed by atoms with van der Waals surface area (Å²) in [5.41, 5.74) is 0.817. The lowest BCUT2D eigenvalue weighted by atomic mass is 9.98. The first-order chi connectivity index (χ1) is 10.3. The van der Waals surface area contributed by atoms with Crippen LogP contribution >= 0.6 is 0 Å². The molecular weight excluding hydrogens is 270 g/mol. The largest absolute Gasteiger partial charge is 0.461 e. The van der Waals surface area contributed by atoms with Crippen molar-refractivity contribution in [2.75, 3.05) is 0 Å². The van der Waals surface area contributed by atoms with Crippen molar-refractivity contribution in [1.82, 2.24) is 25.2 Å². The number of carbonyl (C=O) groups is 1. The third-order valence-corrected chi connectivity index (χ3v) is 3.51. The van der Waals surface area contributed by atoms with Gasteiger partial charge in [-0.1, -0.05) is 6.42 Å². The molecule has 2 heterocycles. The van der Waals surface area contributed by atoms with Crippen LogP contribution in [-0.4, -0.2) is 37.3 Å². The first-order valence-corrected chi connectivity index (χ1v) is 7.19. The van der Waals surface area contributed by atoms with Gasteiger partial charge in [0.1, 0.15) is 6.10 Å². The first-order valence-electron chi connectivity index (χ1n) is 7.19. The van der Waals surface area contributed by atoms with Gasteiger partial charge in [0, 0.05) is 18.0 Å². The standard InChI is InChI=1S/C14H17N5O2/c20-13(21-12-4-2-1-3-5-12)10-19-17-14(16-18-19)11-6-8-15-9-7-11/h6-9,12H,1-5,10H2. The van der Waals surface area contributed by atoms with E-state index in [9.17, 15) is 4.79 Å². The zero-order valence-electron chi connectivity index (χ0n) is 11.7. The molecule has 21 heavy (non-hydrogen) atoms. The Kier molecular flexibility index (Phi) is 4.18. The third-order valence-electron chi connectivity index (χ3n) is 3.51. The van der Waals surface area contributed by atoms with Crippen LogP contribution in [0.25, 0.3) is 11.4 Å². The fourth-order valence-corrected chi connectivity index (χ4v) is 2.45. The summed E-state index contributed by atoms with van der Waals surface area (Å²) in [5, 5.41) is 12.0. The lowest BCUT2D eigenvalue weighted by molar-refractivity contribution is -0.151. The van der Waals surface area contributed by atoms with Crippen LogP contribution < -0.4 is 0 Å². The van der Waals surface area contributed by atoms with Crippen molar-refractivity contribution < 1.29 is 9.53 Å². The maximum absolute atomic E-state index is 11.9. The van der Waals surface area contributed by atoms with Crippen LogP contribution in [0.5, 0.6) is 0 Å². The normalized spacial score (nSPS) is 15.8. The number of ether oxygens (including phenoxy) is 1. The molecule has 1 aliphatic rings. The van der Waals surface area contributed by atoms with Crippen molar-refractivity contribution in [2.24, 2.45) is 0 Å². The Labute approximate surface area is 122 Å². The number of esters is 1. The maximum atomic E-state index is 11.9. The van der Waals surface area contributed by atoms with Gasteiger partial charge in [-0.2, -0.15) is 4.80 Å². The van der Waals surface area contributed by atoms with E-state index in [1.54, 1.807) is 24.5 Å². The molecule has 0 atom stereocenters. The number of hydrogen-bond donors (Lipinski definition) is 0. The lowest BCUT2D eigenvalue weighted by Crippen LogP contribution is -2.24. The molecule has 2 aromatic heterocycles. The van der Waals surface area contributed by atoms with Gasteiger partial charge < -0.3 is 4.74 Å². The highest BCUT2D eigenvalue weighted by molar-refractivity contribution is 5.69. The number of tetrazole rings is 1. The van der Waals surface area contributed by atoms with E-state index in [1.807, 2.05) is 0 Å². The summed E-state index contributed by atoms with van der Waals surface area (Å²) in [4.78, 5) is 17.1. The zero-order chi connectivity index (χ0) is 14.5. The van der Waals surface area contributed by atoms with Gasteiger partial charge >= 0.3 is 5.97 Å². The van der Waals surface area contributed by atoms with Crippen molar-refractivity contribution in [3.63, 3.8) is 0 Å². The molecule has 1 aliphatic carbocycles. The first kappa shape index (κ1) is 13.7. The Balaban J connectivity index is 1.58. The van der Waals surface area contributed by atoms with Gasteiger partial charge in [-0.05, 0) is 43.0 Å². The number of carbonyl (C=O) groups excluding carboxylic acids is 1. The molecule has 0 N–H and O–H groups in total. The van der Waals surface area contributed by atoms with Crippen LogP contribution in [0, 0.1) is 0 Å². The van der Waals surface area contributed by atoms with E-state index in [-0.39, 0.29) is 18.6 Å². The molecule has 0 radical (unpaired) electrons. The van der Waals surface area contributed by atoms with Gasteiger partial charge in [-0.25, -0.2) is 4.79 Å². The van der Waals surface area contributed by atoms with Gasteiger partial charge in [0.05, 0.1) is 0 Å². The topological polar surface area (TPSA) is 82.8 Å². The SMILES string of the molecule is O=C(Cn1nnc(-c2ccncc2)n1)OC1CCCCC1. The molecule has 0 unspecified atom stereocenters. The average molecular weight is 287 g/mol. The Morgan fingerprint density at radius 1 is 1.24 bits per heavy atom. The molecule has 3 rings (SSSR count). The summed E-state index contributed by atoms with van der Waals surface area (Å²) >= 11 is 0. The van der Waals surface area contributed by atoms with Crippen LogP contribution in [0.15, 0.2) is 24.5 Å². The lowest BCUT2D eigenvalue weighted by Gasteiger charge is -2.21. The van der Waals surface area contributed by atoms with Crippen molar-refractivity contribution >= 4 is 5.97 Å². The van der Waals surface area contributed by atoms with E-state index in [4.69, 9.17) is 4.74 Å². The average Bonchev–Trinajstić information content (AvgIpc) is 2.97. The molecule has 0 amide bonds. The van der Waals surface area contributed by atoms with Crippen molar-refractivity contribution in [2.45, 2.75) is 44.8 Å². The van der Waals surface area contributed by atoms with Crippen LogP contribution in [0.4, 0.5) is 0 Å².